The molecule has 0 atom stereocenters. The molecule has 2 saturated carbocycles. The zero-order valence-corrected chi connectivity index (χ0v) is 7.62. The first-order chi connectivity index (χ1) is 6.42. The zero-order chi connectivity index (χ0) is 8.67. The number of oxazole rings is 1. The molecule has 0 spiro atoms. The Morgan fingerprint density at radius 3 is 2.92 bits per heavy atom. The maximum atomic E-state index is 5.61. The highest BCUT2D eigenvalue weighted by Crippen LogP contribution is 2.40. The summed E-state index contributed by atoms with van der Waals surface area (Å²) in [5.74, 6) is 2.63. The first-order valence-corrected chi connectivity index (χ1v) is 5.10. The van der Waals surface area contributed by atoms with Gasteiger partial charge in [0, 0.05) is 12.0 Å². The van der Waals surface area contributed by atoms with Crippen LogP contribution in [0, 0.1) is 0 Å². The van der Waals surface area contributed by atoms with E-state index in [1.807, 2.05) is 6.20 Å². The van der Waals surface area contributed by atoms with Crippen LogP contribution in [-0.2, 0) is 6.54 Å². The average Bonchev–Trinajstić information content (AvgIpc) is 3.03. The standard InChI is InChI=1S/C10H14N2O/c1-2-7(1)9-5-12-10(13-9)6-11-8-3-4-8/h5,7-8,11H,1-4,6H2. The van der Waals surface area contributed by atoms with E-state index >= 15 is 0 Å². The van der Waals surface area contributed by atoms with E-state index in [4.69, 9.17) is 4.42 Å². The van der Waals surface area contributed by atoms with Gasteiger partial charge in [-0.15, -0.1) is 0 Å². The van der Waals surface area contributed by atoms with E-state index in [1.54, 1.807) is 0 Å². The number of nitrogens with one attached hydrogen (secondary N) is 1. The van der Waals surface area contributed by atoms with Gasteiger partial charge in [0.1, 0.15) is 5.76 Å². The summed E-state index contributed by atoms with van der Waals surface area (Å²) in [5.41, 5.74) is 0. The Kier molecular flexibility index (Phi) is 1.65. The van der Waals surface area contributed by atoms with Crippen LogP contribution in [0.2, 0.25) is 0 Å². The van der Waals surface area contributed by atoms with Crippen LogP contribution in [0.15, 0.2) is 10.6 Å². The molecule has 2 fully saturated rings. The lowest BCUT2D eigenvalue weighted by atomic mass is 10.3. The van der Waals surface area contributed by atoms with E-state index in [9.17, 15) is 0 Å². The summed E-state index contributed by atoms with van der Waals surface area (Å²) in [5, 5.41) is 3.39. The quantitative estimate of drug-likeness (QED) is 0.764. The first-order valence-electron chi connectivity index (χ1n) is 5.10. The molecule has 3 nitrogen and oxygen atoms in total. The summed E-state index contributed by atoms with van der Waals surface area (Å²) in [6, 6.07) is 0.733. The zero-order valence-electron chi connectivity index (χ0n) is 7.62. The summed E-state index contributed by atoms with van der Waals surface area (Å²) in [4.78, 5) is 4.25. The number of nitrogens with zero attached hydrogens (tertiary/aromatic N) is 1. The third-order valence-electron chi connectivity index (χ3n) is 2.67. The first kappa shape index (κ1) is 7.56. The maximum Gasteiger partial charge on any atom is 0.208 e. The number of rotatable bonds is 4. The lowest BCUT2D eigenvalue weighted by Crippen LogP contribution is -2.15. The molecule has 0 bridgehead atoms. The lowest BCUT2D eigenvalue weighted by Gasteiger charge is -1.96. The fourth-order valence-corrected chi connectivity index (χ4v) is 1.48. The summed E-state index contributed by atoms with van der Waals surface area (Å²) < 4.78 is 5.61. The third-order valence-corrected chi connectivity index (χ3v) is 2.67. The SMILES string of the molecule is c1nc(CNC2CC2)oc1C1CC1. The molecular weight excluding hydrogens is 164 g/mol. The van der Waals surface area contributed by atoms with Gasteiger partial charge >= 0.3 is 0 Å². The van der Waals surface area contributed by atoms with Gasteiger partial charge in [0.25, 0.3) is 0 Å². The second-order valence-corrected chi connectivity index (χ2v) is 4.09. The van der Waals surface area contributed by atoms with Crippen LogP contribution in [0.3, 0.4) is 0 Å². The Bertz CT molecular complexity index is 300. The second kappa shape index (κ2) is 2.84. The monoisotopic (exact) mass is 178 g/mol. The Morgan fingerprint density at radius 1 is 1.38 bits per heavy atom. The molecule has 3 rings (SSSR count). The van der Waals surface area contributed by atoms with Gasteiger partial charge in [-0.2, -0.15) is 0 Å². The van der Waals surface area contributed by atoms with Gasteiger partial charge in [0.05, 0.1) is 12.7 Å². The van der Waals surface area contributed by atoms with Crippen molar-refractivity contribution in [3.05, 3.63) is 17.8 Å². The Labute approximate surface area is 77.5 Å². The maximum absolute atomic E-state index is 5.61. The van der Waals surface area contributed by atoms with E-state index in [2.05, 4.69) is 10.3 Å². The van der Waals surface area contributed by atoms with Crippen molar-refractivity contribution in [2.24, 2.45) is 0 Å². The van der Waals surface area contributed by atoms with E-state index in [1.165, 1.54) is 25.7 Å². The van der Waals surface area contributed by atoms with Crippen molar-refractivity contribution in [1.82, 2.24) is 10.3 Å². The van der Waals surface area contributed by atoms with Crippen LogP contribution in [0.1, 0.15) is 43.3 Å². The predicted molar refractivity (Wildman–Crippen MR) is 48.3 cm³/mol. The molecule has 13 heavy (non-hydrogen) atoms. The van der Waals surface area contributed by atoms with Crippen molar-refractivity contribution in [1.29, 1.82) is 0 Å². The normalized spacial score (nSPS) is 22.2. The molecule has 2 aliphatic rings. The molecule has 0 aliphatic heterocycles. The minimum absolute atomic E-state index is 0.683. The summed E-state index contributed by atoms with van der Waals surface area (Å²) in [7, 11) is 0. The van der Waals surface area contributed by atoms with Crippen molar-refractivity contribution in [3.63, 3.8) is 0 Å². The van der Waals surface area contributed by atoms with Gasteiger partial charge < -0.3 is 9.73 Å². The van der Waals surface area contributed by atoms with Crippen molar-refractivity contribution < 1.29 is 4.42 Å². The van der Waals surface area contributed by atoms with E-state index in [0.717, 1.165) is 24.2 Å². The summed E-state index contributed by atoms with van der Waals surface area (Å²) in [6.45, 7) is 0.803. The molecule has 1 aromatic heterocycles. The van der Waals surface area contributed by atoms with E-state index < -0.39 is 0 Å². The Balaban J connectivity index is 1.59. The average molecular weight is 178 g/mol. The molecule has 1 heterocycles. The second-order valence-electron chi connectivity index (χ2n) is 4.09. The minimum Gasteiger partial charge on any atom is -0.444 e. The summed E-state index contributed by atoms with van der Waals surface area (Å²) in [6.07, 6.45) is 7.09. The van der Waals surface area contributed by atoms with Gasteiger partial charge in [-0.3, -0.25) is 0 Å². The molecule has 1 aromatic rings. The lowest BCUT2D eigenvalue weighted by molar-refractivity contribution is 0.436. The van der Waals surface area contributed by atoms with Gasteiger partial charge in [-0.05, 0) is 25.7 Å². The number of hydrogen-bond donors (Lipinski definition) is 1. The molecule has 0 amide bonds. The number of aromatic nitrogens is 1. The highest BCUT2D eigenvalue weighted by Gasteiger charge is 2.27. The van der Waals surface area contributed by atoms with Crippen LogP contribution in [0.5, 0.6) is 0 Å². The fourth-order valence-electron chi connectivity index (χ4n) is 1.48. The van der Waals surface area contributed by atoms with Crippen LogP contribution in [0.4, 0.5) is 0 Å². The van der Waals surface area contributed by atoms with Crippen molar-refractivity contribution in [3.8, 4) is 0 Å². The van der Waals surface area contributed by atoms with Crippen molar-refractivity contribution >= 4 is 0 Å². The molecule has 0 unspecified atom stereocenters. The highest BCUT2D eigenvalue weighted by atomic mass is 16.4. The van der Waals surface area contributed by atoms with Crippen molar-refractivity contribution in [2.75, 3.05) is 0 Å². The Morgan fingerprint density at radius 2 is 2.23 bits per heavy atom. The van der Waals surface area contributed by atoms with Gasteiger partial charge in [-0.25, -0.2) is 4.98 Å². The molecule has 3 heteroatoms. The van der Waals surface area contributed by atoms with Gasteiger partial charge in [0.2, 0.25) is 5.89 Å². The molecule has 2 aliphatic carbocycles. The number of hydrogen-bond acceptors (Lipinski definition) is 3. The molecule has 70 valence electrons. The molecule has 1 N–H and O–H groups in total. The highest BCUT2D eigenvalue weighted by molar-refractivity contribution is 5.08. The van der Waals surface area contributed by atoms with Gasteiger partial charge in [-0.1, -0.05) is 0 Å². The van der Waals surface area contributed by atoms with Gasteiger partial charge in [0.15, 0.2) is 0 Å². The van der Waals surface area contributed by atoms with Crippen molar-refractivity contribution in [2.45, 2.75) is 44.2 Å². The third kappa shape index (κ3) is 1.75. The summed E-state index contributed by atoms with van der Waals surface area (Å²) >= 11 is 0. The van der Waals surface area contributed by atoms with Crippen LogP contribution in [-0.4, -0.2) is 11.0 Å². The fraction of sp³-hybridized carbons (Fsp3) is 0.700. The smallest absolute Gasteiger partial charge is 0.208 e. The Hall–Kier alpha value is -0.830. The van der Waals surface area contributed by atoms with Crippen LogP contribution < -0.4 is 5.32 Å². The molecule has 0 aromatic carbocycles. The van der Waals surface area contributed by atoms with Crippen LogP contribution >= 0.6 is 0 Å². The topological polar surface area (TPSA) is 38.1 Å². The van der Waals surface area contributed by atoms with E-state index in [-0.39, 0.29) is 0 Å². The predicted octanol–water partition coefficient (Wildman–Crippen LogP) is 1.80. The molecular formula is C10H14N2O. The molecule has 0 radical (unpaired) electrons. The van der Waals surface area contributed by atoms with E-state index in [0.29, 0.717) is 5.92 Å². The van der Waals surface area contributed by atoms with Crippen LogP contribution in [0.25, 0.3) is 0 Å². The largest absolute Gasteiger partial charge is 0.444 e. The molecule has 0 saturated heterocycles. The minimum atomic E-state index is 0.683.